The highest BCUT2D eigenvalue weighted by molar-refractivity contribution is 6.42. The monoisotopic (exact) mass is 383 g/mol. The van der Waals surface area contributed by atoms with E-state index in [1.54, 1.807) is 12.1 Å². The Balaban J connectivity index is 1.34. The van der Waals surface area contributed by atoms with Crippen LogP contribution in [0.5, 0.6) is 0 Å². The standard InChI is InChI=1S/C17H15Cl2NO5/c18-10-2-1-8(5-11(10)19)20-13(21)6-24-16(22)14-7-3-9-12(4-7)25-17(23)15(9)14/h1-2,5,7,9,12,14-15H,3-4,6H2,(H,20,21)/t7-,9-,12+,14-,15-/m0/s1. The van der Waals surface area contributed by atoms with E-state index in [1.165, 1.54) is 6.07 Å². The molecule has 2 bridgehead atoms. The number of rotatable bonds is 4. The Kier molecular flexibility index (Phi) is 4.12. The first-order valence-corrected chi connectivity index (χ1v) is 8.81. The van der Waals surface area contributed by atoms with Gasteiger partial charge in [-0.05, 0) is 37.0 Å². The maximum atomic E-state index is 12.4. The van der Waals surface area contributed by atoms with E-state index in [-0.39, 0.29) is 23.9 Å². The number of fused-ring (bicyclic) bond motifs is 1. The number of amides is 1. The minimum atomic E-state index is -0.501. The minimum absolute atomic E-state index is 0.0375. The summed E-state index contributed by atoms with van der Waals surface area (Å²) < 4.78 is 10.4. The highest BCUT2D eigenvalue weighted by Gasteiger charge is 2.64. The van der Waals surface area contributed by atoms with Crippen LogP contribution in [0.3, 0.4) is 0 Å². The molecule has 1 heterocycles. The Morgan fingerprint density at radius 2 is 2.04 bits per heavy atom. The maximum Gasteiger partial charge on any atom is 0.310 e. The Labute approximate surface area is 153 Å². The Hall–Kier alpha value is -1.79. The van der Waals surface area contributed by atoms with Crippen molar-refractivity contribution < 1.29 is 23.9 Å². The van der Waals surface area contributed by atoms with Gasteiger partial charge in [-0.25, -0.2) is 0 Å². The lowest BCUT2D eigenvalue weighted by atomic mass is 9.80. The van der Waals surface area contributed by atoms with E-state index in [1.807, 2.05) is 0 Å². The Bertz CT molecular complexity index is 765. The molecule has 1 saturated heterocycles. The molecule has 0 radical (unpaired) electrons. The van der Waals surface area contributed by atoms with Gasteiger partial charge in [0.05, 0.1) is 21.9 Å². The predicted molar refractivity (Wildman–Crippen MR) is 89.1 cm³/mol. The van der Waals surface area contributed by atoms with Crippen LogP contribution in [-0.4, -0.2) is 30.6 Å². The third kappa shape index (κ3) is 2.87. The molecule has 1 aromatic rings. The second-order valence-corrected chi connectivity index (χ2v) is 7.52. The zero-order chi connectivity index (χ0) is 17.7. The lowest BCUT2D eigenvalue weighted by molar-refractivity contribution is -0.157. The van der Waals surface area contributed by atoms with Crippen LogP contribution in [0.1, 0.15) is 12.8 Å². The second-order valence-electron chi connectivity index (χ2n) is 6.71. The lowest BCUT2D eigenvalue weighted by Crippen LogP contribution is -2.34. The summed E-state index contributed by atoms with van der Waals surface area (Å²) in [6, 6.07) is 4.66. The van der Waals surface area contributed by atoms with E-state index in [2.05, 4.69) is 5.32 Å². The number of nitrogens with one attached hydrogen (secondary N) is 1. The first-order chi connectivity index (χ1) is 11.9. The van der Waals surface area contributed by atoms with Gasteiger partial charge in [-0.1, -0.05) is 23.2 Å². The molecule has 1 N–H and O–H groups in total. The van der Waals surface area contributed by atoms with Crippen molar-refractivity contribution >= 4 is 46.7 Å². The van der Waals surface area contributed by atoms with Crippen LogP contribution >= 0.6 is 23.2 Å². The quantitative estimate of drug-likeness (QED) is 0.808. The molecule has 2 saturated carbocycles. The first kappa shape index (κ1) is 16.7. The normalized spacial score (nSPS) is 31.8. The van der Waals surface area contributed by atoms with E-state index >= 15 is 0 Å². The molecule has 132 valence electrons. The molecule has 1 aromatic carbocycles. The van der Waals surface area contributed by atoms with Crippen molar-refractivity contribution in [3.8, 4) is 0 Å². The van der Waals surface area contributed by atoms with Gasteiger partial charge >= 0.3 is 11.9 Å². The summed E-state index contributed by atoms with van der Waals surface area (Å²) in [4.78, 5) is 36.2. The van der Waals surface area contributed by atoms with Crippen molar-refractivity contribution in [1.29, 1.82) is 0 Å². The molecule has 3 fully saturated rings. The van der Waals surface area contributed by atoms with Gasteiger partial charge in [0.2, 0.25) is 0 Å². The van der Waals surface area contributed by atoms with E-state index < -0.39 is 30.3 Å². The third-order valence-electron chi connectivity index (χ3n) is 5.30. The molecule has 0 aromatic heterocycles. The maximum absolute atomic E-state index is 12.4. The number of benzene rings is 1. The number of carbonyl (C=O) groups excluding carboxylic acids is 3. The largest absolute Gasteiger partial charge is 0.462 e. The predicted octanol–water partition coefficient (Wildman–Crippen LogP) is 2.67. The van der Waals surface area contributed by atoms with Gasteiger partial charge in [0.15, 0.2) is 6.61 Å². The third-order valence-corrected chi connectivity index (χ3v) is 6.04. The molecule has 4 rings (SSSR count). The molecule has 2 aliphatic carbocycles. The molecule has 0 spiro atoms. The molecule has 1 aliphatic heterocycles. The SMILES string of the molecule is O=C(COC(=O)[C@H]1[C@H]2C[C@@H]3[C@@H]1C(=O)O[C@@H]3C2)Nc1ccc(Cl)c(Cl)c1. The number of carbonyl (C=O) groups is 3. The average molecular weight is 384 g/mol. The minimum Gasteiger partial charge on any atom is -0.462 e. The van der Waals surface area contributed by atoms with Gasteiger partial charge in [-0.3, -0.25) is 14.4 Å². The summed E-state index contributed by atoms with van der Waals surface area (Å²) in [7, 11) is 0. The van der Waals surface area contributed by atoms with E-state index in [9.17, 15) is 14.4 Å². The topological polar surface area (TPSA) is 81.7 Å². The van der Waals surface area contributed by atoms with Crippen LogP contribution in [0.15, 0.2) is 18.2 Å². The molecule has 5 atom stereocenters. The average Bonchev–Trinajstić information content (AvgIpc) is 3.18. The number of ether oxygens (including phenoxy) is 2. The summed E-state index contributed by atoms with van der Waals surface area (Å²) in [6.07, 6.45) is 1.49. The number of halogens is 2. The molecular weight excluding hydrogens is 369 g/mol. The molecule has 3 aliphatic rings. The zero-order valence-electron chi connectivity index (χ0n) is 13.0. The summed E-state index contributed by atoms with van der Waals surface area (Å²) >= 11 is 11.7. The second kappa shape index (κ2) is 6.18. The van der Waals surface area contributed by atoms with Crippen molar-refractivity contribution in [3.05, 3.63) is 28.2 Å². The molecule has 1 amide bonds. The van der Waals surface area contributed by atoms with Crippen LogP contribution < -0.4 is 5.32 Å². The number of hydrogen-bond acceptors (Lipinski definition) is 5. The lowest BCUT2D eigenvalue weighted by Gasteiger charge is -2.22. The van der Waals surface area contributed by atoms with Crippen molar-refractivity contribution in [2.24, 2.45) is 23.7 Å². The van der Waals surface area contributed by atoms with Gasteiger partial charge in [0.1, 0.15) is 6.10 Å². The van der Waals surface area contributed by atoms with Crippen molar-refractivity contribution in [2.75, 3.05) is 11.9 Å². The fourth-order valence-electron chi connectivity index (χ4n) is 4.33. The van der Waals surface area contributed by atoms with E-state index in [0.717, 1.165) is 6.42 Å². The summed E-state index contributed by atoms with van der Waals surface area (Å²) in [5.74, 6) is -1.96. The summed E-state index contributed by atoms with van der Waals surface area (Å²) in [6.45, 7) is -0.418. The molecule has 0 unspecified atom stereocenters. The fraction of sp³-hybridized carbons (Fsp3) is 0.471. The molecular formula is C17H15Cl2NO5. The highest BCUT2D eigenvalue weighted by Crippen LogP contribution is 2.57. The van der Waals surface area contributed by atoms with Gasteiger partial charge in [-0.2, -0.15) is 0 Å². The van der Waals surface area contributed by atoms with Gasteiger partial charge in [-0.15, -0.1) is 0 Å². The van der Waals surface area contributed by atoms with Crippen LogP contribution in [0.2, 0.25) is 10.0 Å². The van der Waals surface area contributed by atoms with Crippen molar-refractivity contribution in [3.63, 3.8) is 0 Å². The van der Waals surface area contributed by atoms with Gasteiger partial charge in [0, 0.05) is 11.6 Å². The van der Waals surface area contributed by atoms with Crippen LogP contribution in [-0.2, 0) is 23.9 Å². The highest BCUT2D eigenvalue weighted by atomic mass is 35.5. The summed E-state index contributed by atoms with van der Waals surface area (Å²) in [5.41, 5.74) is 0.456. The molecule has 6 nitrogen and oxygen atoms in total. The van der Waals surface area contributed by atoms with Crippen LogP contribution in [0.25, 0.3) is 0 Å². The van der Waals surface area contributed by atoms with Crippen LogP contribution in [0.4, 0.5) is 5.69 Å². The Morgan fingerprint density at radius 1 is 1.24 bits per heavy atom. The first-order valence-electron chi connectivity index (χ1n) is 8.06. The van der Waals surface area contributed by atoms with E-state index in [0.29, 0.717) is 22.2 Å². The van der Waals surface area contributed by atoms with E-state index in [4.69, 9.17) is 32.7 Å². The molecule has 25 heavy (non-hydrogen) atoms. The van der Waals surface area contributed by atoms with Crippen molar-refractivity contribution in [1.82, 2.24) is 0 Å². The smallest absolute Gasteiger partial charge is 0.310 e. The summed E-state index contributed by atoms with van der Waals surface area (Å²) in [5, 5.41) is 3.27. The Morgan fingerprint density at radius 3 is 2.80 bits per heavy atom. The van der Waals surface area contributed by atoms with Gasteiger partial charge in [0.25, 0.3) is 5.91 Å². The van der Waals surface area contributed by atoms with Gasteiger partial charge < -0.3 is 14.8 Å². The number of hydrogen-bond donors (Lipinski definition) is 1. The molecule has 8 heteroatoms. The number of anilines is 1. The van der Waals surface area contributed by atoms with Crippen molar-refractivity contribution in [2.45, 2.75) is 18.9 Å². The number of esters is 2. The fourth-order valence-corrected chi connectivity index (χ4v) is 4.63. The zero-order valence-corrected chi connectivity index (χ0v) is 14.5. The van der Waals surface area contributed by atoms with Crippen LogP contribution in [0, 0.1) is 23.7 Å².